The Balaban J connectivity index is 1.77. The van der Waals surface area contributed by atoms with E-state index >= 15 is 0 Å². The van der Waals surface area contributed by atoms with Crippen LogP contribution in [0.25, 0.3) is 5.57 Å². The van der Waals surface area contributed by atoms with Gasteiger partial charge in [0.1, 0.15) is 11.4 Å². The van der Waals surface area contributed by atoms with Crippen LogP contribution in [0.2, 0.25) is 5.02 Å². The Morgan fingerprint density at radius 2 is 1.72 bits per heavy atom. The van der Waals surface area contributed by atoms with E-state index in [-0.39, 0.29) is 18.1 Å². The van der Waals surface area contributed by atoms with Crippen molar-refractivity contribution in [1.82, 2.24) is 9.88 Å². The SMILES string of the molecule is COc1ccc(NC2=C(c3ccc(C)c(C)c3)C(=O)N(Cc3ccncc3)C2=O)cc1Cl. The maximum Gasteiger partial charge on any atom is 0.278 e. The predicted octanol–water partition coefficient (Wildman–Crippen LogP) is 4.75. The van der Waals surface area contributed by atoms with Gasteiger partial charge in [-0.3, -0.25) is 19.5 Å². The maximum atomic E-state index is 13.4. The first-order valence-corrected chi connectivity index (χ1v) is 10.4. The average Bonchev–Trinajstić information content (AvgIpc) is 3.01. The molecule has 0 fully saturated rings. The van der Waals surface area contributed by atoms with E-state index in [9.17, 15) is 9.59 Å². The summed E-state index contributed by atoms with van der Waals surface area (Å²) in [5.74, 6) is -0.224. The molecule has 0 bridgehead atoms. The first-order valence-electron chi connectivity index (χ1n) is 10.1. The van der Waals surface area contributed by atoms with Crippen molar-refractivity contribution in [2.24, 2.45) is 0 Å². The maximum absolute atomic E-state index is 13.4. The number of aromatic nitrogens is 1. The molecule has 3 aromatic rings. The molecule has 0 spiro atoms. The molecule has 32 heavy (non-hydrogen) atoms. The van der Waals surface area contributed by atoms with Crippen molar-refractivity contribution in [2.75, 3.05) is 12.4 Å². The number of anilines is 1. The lowest BCUT2D eigenvalue weighted by molar-refractivity contribution is -0.137. The Kier molecular flexibility index (Phi) is 5.97. The van der Waals surface area contributed by atoms with Crippen molar-refractivity contribution in [2.45, 2.75) is 20.4 Å². The van der Waals surface area contributed by atoms with Gasteiger partial charge >= 0.3 is 0 Å². The molecular weight excluding hydrogens is 426 g/mol. The molecule has 1 aliphatic heterocycles. The van der Waals surface area contributed by atoms with Crippen LogP contribution in [0.5, 0.6) is 5.75 Å². The van der Waals surface area contributed by atoms with E-state index < -0.39 is 5.91 Å². The minimum Gasteiger partial charge on any atom is -0.495 e. The minimum absolute atomic E-state index is 0.156. The van der Waals surface area contributed by atoms with Gasteiger partial charge in [-0.1, -0.05) is 29.8 Å². The summed E-state index contributed by atoms with van der Waals surface area (Å²) >= 11 is 6.26. The number of imide groups is 1. The molecule has 162 valence electrons. The number of hydrogen-bond donors (Lipinski definition) is 1. The van der Waals surface area contributed by atoms with Gasteiger partial charge in [-0.15, -0.1) is 0 Å². The first kappa shape index (κ1) is 21.6. The van der Waals surface area contributed by atoms with Crippen LogP contribution in [0.1, 0.15) is 22.3 Å². The van der Waals surface area contributed by atoms with Gasteiger partial charge < -0.3 is 10.1 Å². The Bertz CT molecular complexity index is 1240. The highest BCUT2D eigenvalue weighted by molar-refractivity contribution is 6.36. The number of halogens is 1. The molecule has 0 atom stereocenters. The minimum atomic E-state index is -0.396. The molecule has 1 aromatic heterocycles. The molecule has 1 aliphatic rings. The Morgan fingerprint density at radius 1 is 0.969 bits per heavy atom. The highest BCUT2D eigenvalue weighted by Gasteiger charge is 2.39. The fraction of sp³-hybridized carbons (Fsp3) is 0.160. The van der Waals surface area contributed by atoms with Gasteiger partial charge in [0.25, 0.3) is 11.8 Å². The van der Waals surface area contributed by atoms with Gasteiger partial charge in [0.05, 0.1) is 24.3 Å². The summed E-state index contributed by atoms with van der Waals surface area (Å²) in [7, 11) is 1.53. The third kappa shape index (κ3) is 4.09. The Morgan fingerprint density at radius 3 is 2.38 bits per heavy atom. The number of aryl methyl sites for hydroxylation is 2. The normalized spacial score (nSPS) is 13.7. The number of amides is 2. The number of hydrogen-bond acceptors (Lipinski definition) is 5. The van der Waals surface area contributed by atoms with Gasteiger partial charge in [0, 0.05) is 18.1 Å². The third-order valence-electron chi connectivity index (χ3n) is 5.47. The van der Waals surface area contributed by atoms with Crippen molar-refractivity contribution in [3.8, 4) is 5.75 Å². The highest BCUT2D eigenvalue weighted by atomic mass is 35.5. The smallest absolute Gasteiger partial charge is 0.278 e. The largest absolute Gasteiger partial charge is 0.495 e. The number of nitrogens with one attached hydrogen (secondary N) is 1. The molecule has 2 amide bonds. The zero-order chi connectivity index (χ0) is 22.8. The second-order valence-corrected chi connectivity index (χ2v) is 7.98. The van der Waals surface area contributed by atoms with Gasteiger partial charge in [0.15, 0.2) is 0 Å². The lowest BCUT2D eigenvalue weighted by atomic mass is 9.99. The molecule has 0 saturated heterocycles. The number of ether oxygens (including phenoxy) is 1. The molecule has 4 rings (SSSR count). The van der Waals surface area contributed by atoms with E-state index in [1.165, 1.54) is 12.0 Å². The van der Waals surface area contributed by atoms with Gasteiger partial charge in [-0.05, 0) is 66.4 Å². The molecule has 6 nitrogen and oxygen atoms in total. The van der Waals surface area contributed by atoms with E-state index in [0.29, 0.717) is 27.6 Å². The van der Waals surface area contributed by atoms with E-state index in [1.54, 1.807) is 42.7 Å². The second kappa shape index (κ2) is 8.85. The second-order valence-electron chi connectivity index (χ2n) is 7.58. The van der Waals surface area contributed by atoms with Gasteiger partial charge in [-0.25, -0.2) is 0 Å². The van der Waals surface area contributed by atoms with Crippen molar-refractivity contribution < 1.29 is 14.3 Å². The van der Waals surface area contributed by atoms with Gasteiger partial charge in [-0.2, -0.15) is 0 Å². The molecule has 0 aliphatic carbocycles. The molecule has 0 radical (unpaired) electrons. The Labute approximate surface area is 191 Å². The summed E-state index contributed by atoms with van der Waals surface area (Å²) in [5, 5.41) is 3.53. The van der Waals surface area contributed by atoms with Crippen molar-refractivity contribution >= 4 is 34.7 Å². The van der Waals surface area contributed by atoms with Crippen LogP contribution in [-0.4, -0.2) is 28.8 Å². The van der Waals surface area contributed by atoms with Crippen molar-refractivity contribution in [1.29, 1.82) is 0 Å². The lowest BCUT2D eigenvalue weighted by Crippen LogP contribution is -2.32. The quantitative estimate of drug-likeness (QED) is 0.552. The molecule has 0 saturated carbocycles. The number of methoxy groups -OCH3 is 1. The first-order chi connectivity index (χ1) is 15.4. The standard InChI is InChI=1S/C25H22ClN3O3/c1-15-4-5-18(12-16(15)2)22-23(28-19-6-7-21(32-3)20(26)13-19)25(31)29(24(22)30)14-17-8-10-27-11-9-17/h4-13,28H,14H2,1-3H3. The van der Waals surface area contributed by atoms with Crippen LogP contribution in [-0.2, 0) is 16.1 Å². The lowest BCUT2D eigenvalue weighted by Gasteiger charge is -2.15. The zero-order valence-corrected chi connectivity index (χ0v) is 18.7. The number of pyridine rings is 1. The third-order valence-corrected chi connectivity index (χ3v) is 5.77. The van der Waals surface area contributed by atoms with Crippen LogP contribution in [0, 0.1) is 13.8 Å². The average molecular weight is 448 g/mol. The number of carbonyl (C=O) groups excluding carboxylic acids is 2. The molecule has 2 aromatic carbocycles. The van der Waals surface area contributed by atoms with E-state index in [2.05, 4.69) is 10.3 Å². The summed E-state index contributed by atoms with van der Waals surface area (Å²) in [6.07, 6.45) is 3.27. The van der Waals surface area contributed by atoms with Crippen molar-refractivity contribution in [3.05, 3.63) is 93.9 Å². The van der Waals surface area contributed by atoms with E-state index in [1.807, 2.05) is 32.0 Å². The topological polar surface area (TPSA) is 71.5 Å². The number of nitrogens with zero attached hydrogens (tertiary/aromatic N) is 2. The fourth-order valence-corrected chi connectivity index (χ4v) is 3.82. The molecule has 7 heteroatoms. The summed E-state index contributed by atoms with van der Waals surface area (Å²) in [4.78, 5) is 32.1. The molecular formula is C25H22ClN3O3. The monoisotopic (exact) mass is 447 g/mol. The van der Waals surface area contributed by atoms with Crippen LogP contribution in [0.3, 0.4) is 0 Å². The highest BCUT2D eigenvalue weighted by Crippen LogP contribution is 2.34. The number of carbonyl (C=O) groups is 2. The fourth-order valence-electron chi connectivity index (χ4n) is 3.56. The number of benzene rings is 2. The van der Waals surface area contributed by atoms with Crippen molar-refractivity contribution in [3.63, 3.8) is 0 Å². The molecule has 0 unspecified atom stereocenters. The summed E-state index contributed by atoms with van der Waals surface area (Å²) < 4.78 is 5.20. The zero-order valence-electron chi connectivity index (χ0n) is 18.0. The van der Waals surface area contributed by atoms with E-state index in [4.69, 9.17) is 16.3 Å². The Hall–Kier alpha value is -3.64. The summed E-state index contributed by atoms with van der Waals surface area (Å²) in [6, 6.07) is 14.4. The molecule has 1 N–H and O–H groups in total. The summed E-state index contributed by atoms with van der Waals surface area (Å²) in [6.45, 7) is 4.14. The predicted molar refractivity (Wildman–Crippen MR) is 124 cm³/mol. The van der Waals surface area contributed by atoms with Crippen LogP contribution in [0.4, 0.5) is 5.69 Å². The van der Waals surface area contributed by atoms with Crippen LogP contribution >= 0.6 is 11.6 Å². The summed E-state index contributed by atoms with van der Waals surface area (Å²) in [5.41, 5.74) is 4.78. The van der Waals surface area contributed by atoms with E-state index in [0.717, 1.165) is 16.7 Å². The van der Waals surface area contributed by atoms with Gasteiger partial charge in [0.2, 0.25) is 0 Å². The van der Waals surface area contributed by atoms with Crippen LogP contribution < -0.4 is 10.1 Å². The van der Waals surface area contributed by atoms with Crippen LogP contribution in [0.15, 0.2) is 66.6 Å². The molecule has 2 heterocycles. The number of rotatable bonds is 6.